The van der Waals surface area contributed by atoms with E-state index in [1.807, 2.05) is 26.4 Å². The maximum absolute atomic E-state index is 10.8. The highest BCUT2D eigenvalue weighted by atomic mass is 16.6. The summed E-state index contributed by atoms with van der Waals surface area (Å²) in [5.74, 6) is 0.716. The van der Waals surface area contributed by atoms with Gasteiger partial charge in [0.2, 0.25) is 0 Å². The molecule has 122 valence electrons. The third-order valence-corrected chi connectivity index (χ3v) is 4.09. The summed E-state index contributed by atoms with van der Waals surface area (Å²) in [6.07, 6.45) is 7.32. The van der Waals surface area contributed by atoms with Gasteiger partial charge in [-0.3, -0.25) is 14.8 Å². The van der Waals surface area contributed by atoms with Gasteiger partial charge in [-0.2, -0.15) is 5.10 Å². The smallest absolute Gasteiger partial charge is 0.287 e. The number of anilines is 2. The van der Waals surface area contributed by atoms with Gasteiger partial charge in [-0.25, -0.2) is 4.98 Å². The first kappa shape index (κ1) is 15.3. The van der Waals surface area contributed by atoms with Crippen LogP contribution in [0.25, 0.3) is 0 Å². The quantitative estimate of drug-likeness (QED) is 0.686. The van der Waals surface area contributed by atoms with E-state index in [4.69, 9.17) is 0 Å². The molecule has 0 unspecified atom stereocenters. The van der Waals surface area contributed by atoms with Crippen molar-refractivity contribution in [1.82, 2.24) is 14.8 Å². The number of hydrogen-bond donors (Lipinski definition) is 1. The van der Waals surface area contributed by atoms with E-state index in [0.717, 1.165) is 37.2 Å². The van der Waals surface area contributed by atoms with Gasteiger partial charge >= 0.3 is 0 Å². The molecule has 1 saturated heterocycles. The summed E-state index contributed by atoms with van der Waals surface area (Å²) < 4.78 is 1.80. The molecule has 8 heteroatoms. The number of piperidine rings is 1. The Morgan fingerprint density at radius 1 is 1.43 bits per heavy atom. The fourth-order valence-electron chi connectivity index (χ4n) is 2.91. The molecule has 1 aliphatic heterocycles. The van der Waals surface area contributed by atoms with Gasteiger partial charge in [0.15, 0.2) is 0 Å². The first-order valence-corrected chi connectivity index (χ1v) is 7.64. The zero-order valence-corrected chi connectivity index (χ0v) is 13.3. The van der Waals surface area contributed by atoms with Crippen molar-refractivity contribution >= 4 is 17.2 Å². The maximum Gasteiger partial charge on any atom is 0.287 e. The molecule has 3 rings (SSSR count). The maximum atomic E-state index is 10.8. The highest BCUT2D eigenvalue weighted by Gasteiger charge is 2.22. The lowest BCUT2D eigenvalue weighted by atomic mass is 10.1. The van der Waals surface area contributed by atoms with E-state index in [1.165, 1.54) is 6.20 Å². The SMILES string of the molecule is Cc1cc([N+](=O)[O-])cnc1N[C@@H]1CCCN(c2cnn(C)c2)C1. The number of nitro groups is 1. The van der Waals surface area contributed by atoms with Gasteiger partial charge in [0.25, 0.3) is 5.69 Å². The van der Waals surface area contributed by atoms with Crippen molar-refractivity contribution in [1.29, 1.82) is 0 Å². The fraction of sp³-hybridized carbons (Fsp3) is 0.467. The molecule has 0 aliphatic carbocycles. The predicted molar refractivity (Wildman–Crippen MR) is 87.7 cm³/mol. The van der Waals surface area contributed by atoms with E-state index in [2.05, 4.69) is 20.3 Å². The zero-order chi connectivity index (χ0) is 16.4. The number of aryl methyl sites for hydroxylation is 2. The monoisotopic (exact) mass is 316 g/mol. The number of aromatic nitrogens is 3. The summed E-state index contributed by atoms with van der Waals surface area (Å²) in [4.78, 5) is 16.9. The lowest BCUT2D eigenvalue weighted by molar-refractivity contribution is -0.385. The molecule has 2 aromatic heterocycles. The van der Waals surface area contributed by atoms with Gasteiger partial charge in [0.05, 0.1) is 16.8 Å². The van der Waals surface area contributed by atoms with E-state index < -0.39 is 4.92 Å². The number of nitrogens with one attached hydrogen (secondary N) is 1. The Kier molecular flexibility index (Phi) is 4.14. The fourth-order valence-corrected chi connectivity index (χ4v) is 2.91. The van der Waals surface area contributed by atoms with E-state index in [0.29, 0.717) is 5.82 Å². The molecule has 1 aliphatic rings. The van der Waals surface area contributed by atoms with Gasteiger partial charge in [0.1, 0.15) is 12.0 Å². The number of pyridine rings is 1. The molecule has 0 bridgehead atoms. The van der Waals surface area contributed by atoms with Crippen molar-refractivity contribution < 1.29 is 4.92 Å². The molecule has 0 spiro atoms. The largest absolute Gasteiger partial charge is 0.367 e. The Hall–Kier alpha value is -2.64. The Morgan fingerprint density at radius 3 is 2.91 bits per heavy atom. The first-order chi connectivity index (χ1) is 11.0. The van der Waals surface area contributed by atoms with Crippen LogP contribution in [0.5, 0.6) is 0 Å². The van der Waals surface area contributed by atoms with E-state index in [1.54, 1.807) is 10.7 Å². The van der Waals surface area contributed by atoms with Gasteiger partial charge in [-0.05, 0) is 25.3 Å². The average molecular weight is 316 g/mol. The van der Waals surface area contributed by atoms with Crippen LogP contribution in [0.2, 0.25) is 0 Å². The number of hydrogen-bond acceptors (Lipinski definition) is 6. The molecule has 2 aromatic rings. The molecule has 0 saturated carbocycles. The van der Waals surface area contributed by atoms with Crippen molar-refractivity contribution in [2.24, 2.45) is 7.05 Å². The average Bonchev–Trinajstić information content (AvgIpc) is 2.96. The lowest BCUT2D eigenvalue weighted by Crippen LogP contribution is -2.42. The molecule has 0 aromatic carbocycles. The molecular formula is C15H20N6O2. The van der Waals surface area contributed by atoms with Crippen molar-refractivity contribution in [2.75, 3.05) is 23.3 Å². The lowest BCUT2D eigenvalue weighted by Gasteiger charge is -2.34. The van der Waals surface area contributed by atoms with Crippen LogP contribution in [-0.4, -0.2) is 38.8 Å². The van der Waals surface area contributed by atoms with Crippen LogP contribution < -0.4 is 10.2 Å². The van der Waals surface area contributed by atoms with Gasteiger partial charge in [-0.15, -0.1) is 0 Å². The summed E-state index contributed by atoms with van der Waals surface area (Å²) in [6, 6.07) is 1.81. The van der Waals surface area contributed by atoms with Crippen molar-refractivity contribution in [3.05, 3.63) is 40.3 Å². The van der Waals surface area contributed by atoms with E-state index in [-0.39, 0.29) is 11.7 Å². The molecule has 0 radical (unpaired) electrons. The van der Waals surface area contributed by atoms with Crippen molar-refractivity contribution in [3.8, 4) is 0 Å². The molecule has 0 amide bonds. The molecule has 8 nitrogen and oxygen atoms in total. The van der Waals surface area contributed by atoms with Crippen molar-refractivity contribution in [2.45, 2.75) is 25.8 Å². The minimum Gasteiger partial charge on any atom is -0.367 e. The third-order valence-electron chi connectivity index (χ3n) is 4.09. The first-order valence-electron chi connectivity index (χ1n) is 7.64. The molecule has 23 heavy (non-hydrogen) atoms. The molecule has 3 heterocycles. The van der Waals surface area contributed by atoms with Crippen LogP contribution in [0.1, 0.15) is 18.4 Å². The molecular weight excluding hydrogens is 296 g/mol. The normalized spacial score (nSPS) is 18.0. The van der Waals surface area contributed by atoms with Crippen LogP contribution in [0.3, 0.4) is 0 Å². The van der Waals surface area contributed by atoms with Crippen LogP contribution in [0.4, 0.5) is 17.2 Å². The molecule has 1 N–H and O–H groups in total. The Bertz CT molecular complexity index is 714. The number of nitrogens with zero attached hydrogens (tertiary/aromatic N) is 5. The van der Waals surface area contributed by atoms with Crippen molar-refractivity contribution in [3.63, 3.8) is 0 Å². The summed E-state index contributed by atoms with van der Waals surface area (Å²) >= 11 is 0. The predicted octanol–water partition coefficient (Wildman–Crippen LogP) is 2.11. The second-order valence-corrected chi connectivity index (χ2v) is 5.92. The Labute approximate surface area is 134 Å². The minimum atomic E-state index is -0.422. The Morgan fingerprint density at radius 2 is 2.26 bits per heavy atom. The standard InChI is InChI=1S/C15H20N6O2/c1-11-6-13(21(22)23)7-16-15(11)18-12-4-3-5-20(9-12)14-8-17-19(2)10-14/h6-8,10,12H,3-5,9H2,1-2H3,(H,16,18)/t12-/m1/s1. The minimum absolute atomic E-state index is 0.0219. The summed E-state index contributed by atoms with van der Waals surface area (Å²) in [5.41, 5.74) is 1.93. The molecule has 1 fully saturated rings. The van der Waals surface area contributed by atoms with Crippen LogP contribution in [0, 0.1) is 17.0 Å². The third kappa shape index (κ3) is 3.41. The second kappa shape index (κ2) is 6.23. The van der Waals surface area contributed by atoms with Crippen LogP contribution >= 0.6 is 0 Å². The Balaban J connectivity index is 1.69. The summed E-state index contributed by atoms with van der Waals surface area (Å²) in [6.45, 7) is 3.71. The second-order valence-electron chi connectivity index (χ2n) is 5.92. The highest BCUT2D eigenvalue weighted by molar-refractivity contribution is 5.50. The summed E-state index contributed by atoms with van der Waals surface area (Å²) in [7, 11) is 1.91. The van der Waals surface area contributed by atoms with Crippen LogP contribution in [0.15, 0.2) is 24.7 Å². The zero-order valence-electron chi connectivity index (χ0n) is 13.3. The number of rotatable bonds is 4. The molecule has 1 atom stereocenters. The van der Waals surface area contributed by atoms with Gasteiger partial charge < -0.3 is 10.2 Å². The summed E-state index contributed by atoms with van der Waals surface area (Å²) in [5, 5.41) is 18.4. The van der Waals surface area contributed by atoms with E-state index >= 15 is 0 Å². The topological polar surface area (TPSA) is 89.1 Å². The van der Waals surface area contributed by atoms with Gasteiger partial charge in [0, 0.05) is 38.4 Å². The van der Waals surface area contributed by atoms with Crippen LogP contribution in [-0.2, 0) is 7.05 Å². The van der Waals surface area contributed by atoms with Gasteiger partial charge in [-0.1, -0.05) is 0 Å². The van der Waals surface area contributed by atoms with E-state index in [9.17, 15) is 10.1 Å². The highest BCUT2D eigenvalue weighted by Crippen LogP contribution is 2.23.